The van der Waals surface area contributed by atoms with Crippen LogP contribution in [0, 0.1) is 0 Å². The minimum atomic E-state index is -0.170. The molecule has 5 heteroatoms. The van der Waals surface area contributed by atoms with Crippen molar-refractivity contribution in [3.05, 3.63) is 29.8 Å². The summed E-state index contributed by atoms with van der Waals surface area (Å²) in [4.78, 5) is 22.7. The van der Waals surface area contributed by atoms with Gasteiger partial charge >= 0.3 is 0 Å². The molecule has 2 rings (SSSR count). The van der Waals surface area contributed by atoms with Gasteiger partial charge in [0.1, 0.15) is 5.75 Å². The van der Waals surface area contributed by atoms with Gasteiger partial charge in [-0.3, -0.25) is 9.59 Å². The average Bonchev–Trinajstić information content (AvgIpc) is 2.96. The number of ether oxygens (including phenoxy) is 2. The van der Waals surface area contributed by atoms with Gasteiger partial charge in [0.15, 0.2) is 12.4 Å². The van der Waals surface area contributed by atoms with Crippen molar-refractivity contribution in [2.24, 2.45) is 0 Å². The van der Waals surface area contributed by atoms with Crippen molar-refractivity contribution in [1.29, 1.82) is 0 Å². The molecule has 0 spiro atoms. The molecule has 1 N–H and O–H groups in total. The van der Waals surface area contributed by atoms with Gasteiger partial charge < -0.3 is 14.8 Å². The van der Waals surface area contributed by atoms with Crippen molar-refractivity contribution < 1.29 is 19.1 Å². The number of ketones is 1. The van der Waals surface area contributed by atoms with Crippen LogP contribution in [0.25, 0.3) is 0 Å². The van der Waals surface area contributed by atoms with Gasteiger partial charge in [-0.05, 0) is 44.0 Å². The first-order valence-corrected chi connectivity index (χ1v) is 6.77. The van der Waals surface area contributed by atoms with Crippen LogP contribution in [0.5, 0.6) is 5.75 Å². The van der Waals surface area contributed by atoms with E-state index in [1.807, 2.05) is 0 Å². The fraction of sp³-hybridized carbons (Fsp3) is 0.467. The molecule has 0 saturated carbocycles. The highest BCUT2D eigenvalue weighted by Crippen LogP contribution is 2.13. The average molecular weight is 277 g/mol. The number of Topliss-reactive ketones (excluding diaryl/α,β-unsaturated/α-hetero) is 1. The Kier molecular flexibility index (Phi) is 5.12. The number of carbonyl (C=O) groups is 2. The first kappa shape index (κ1) is 14.5. The molecule has 1 saturated heterocycles. The fourth-order valence-corrected chi connectivity index (χ4v) is 2.02. The minimum Gasteiger partial charge on any atom is -0.484 e. The Labute approximate surface area is 118 Å². The van der Waals surface area contributed by atoms with Crippen LogP contribution in [0.1, 0.15) is 30.1 Å². The van der Waals surface area contributed by atoms with E-state index < -0.39 is 0 Å². The monoisotopic (exact) mass is 277 g/mol. The maximum Gasteiger partial charge on any atom is 0.258 e. The highest BCUT2D eigenvalue weighted by atomic mass is 16.5. The van der Waals surface area contributed by atoms with E-state index in [1.54, 1.807) is 24.3 Å². The summed E-state index contributed by atoms with van der Waals surface area (Å²) in [6.07, 6.45) is 2.18. The van der Waals surface area contributed by atoms with Gasteiger partial charge in [-0.15, -0.1) is 0 Å². The summed E-state index contributed by atoms with van der Waals surface area (Å²) in [7, 11) is 0. The van der Waals surface area contributed by atoms with Crippen LogP contribution in [0.3, 0.4) is 0 Å². The topological polar surface area (TPSA) is 64.6 Å². The lowest BCUT2D eigenvalue weighted by atomic mass is 10.1. The highest BCUT2D eigenvalue weighted by Gasteiger charge is 2.16. The van der Waals surface area contributed by atoms with Gasteiger partial charge in [0, 0.05) is 18.7 Å². The van der Waals surface area contributed by atoms with Crippen molar-refractivity contribution in [1.82, 2.24) is 5.32 Å². The molecule has 0 aliphatic carbocycles. The molecule has 1 aliphatic rings. The van der Waals surface area contributed by atoms with Crippen molar-refractivity contribution >= 4 is 11.7 Å². The number of nitrogens with one attached hydrogen (secondary N) is 1. The Balaban J connectivity index is 1.70. The largest absolute Gasteiger partial charge is 0.484 e. The first-order chi connectivity index (χ1) is 9.65. The summed E-state index contributed by atoms with van der Waals surface area (Å²) in [5.74, 6) is 0.407. The van der Waals surface area contributed by atoms with Gasteiger partial charge in [-0.1, -0.05) is 0 Å². The first-order valence-electron chi connectivity index (χ1n) is 6.77. The molecule has 5 nitrogen and oxygen atoms in total. The summed E-state index contributed by atoms with van der Waals surface area (Å²) in [6.45, 7) is 2.78. The van der Waals surface area contributed by atoms with E-state index in [0.717, 1.165) is 19.4 Å². The third kappa shape index (κ3) is 4.35. The third-order valence-electron chi connectivity index (χ3n) is 3.18. The van der Waals surface area contributed by atoms with E-state index in [9.17, 15) is 9.59 Å². The zero-order valence-electron chi connectivity index (χ0n) is 11.6. The third-order valence-corrected chi connectivity index (χ3v) is 3.18. The van der Waals surface area contributed by atoms with Crippen LogP contribution in [-0.4, -0.2) is 37.6 Å². The van der Waals surface area contributed by atoms with Gasteiger partial charge in [0.25, 0.3) is 5.91 Å². The van der Waals surface area contributed by atoms with Gasteiger partial charge in [-0.25, -0.2) is 0 Å². The van der Waals surface area contributed by atoms with Crippen LogP contribution in [0.15, 0.2) is 24.3 Å². The molecule has 1 aromatic rings. The zero-order chi connectivity index (χ0) is 14.4. The van der Waals surface area contributed by atoms with Crippen molar-refractivity contribution in [2.75, 3.05) is 19.8 Å². The molecule has 1 aromatic carbocycles. The Hall–Kier alpha value is -1.88. The Morgan fingerprint density at radius 3 is 2.70 bits per heavy atom. The molecule has 108 valence electrons. The van der Waals surface area contributed by atoms with Crippen LogP contribution in [0.2, 0.25) is 0 Å². The van der Waals surface area contributed by atoms with Crippen LogP contribution in [-0.2, 0) is 9.53 Å². The molecule has 1 atom stereocenters. The van der Waals surface area contributed by atoms with E-state index in [0.29, 0.717) is 17.9 Å². The molecule has 0 bridgehead atoms. The summed E-state index contributed by atoms with van der Waals surface area (Å²) in [5, 5.41) is 2.78. The molecule has 1 aliphatic heterocycles. The lowest BCUT2D eigenvalue weighted by Gasteiger charge is -2.11. The standard InChI is InChI=1S/C15H19NO4/c1-11(17)12-4-6-13(7-5-12)20-10-15(18)16-9-14-3-2-8-19-14/h4-7,14H,2-3,8-10H2,1H3,(H,16,18)/t14-/m1/s1. The van der Waals surface area contributed by atoms with Crippen LogP contribution < -0.4 is 10.1 Å². The predicted octanol–water partition coefficient (Wildman–Crippen LogP) is 1.56. The number of hydrogen-bond acceptors (Lipinski definition) is 4. The van der Waals surface area contributed by atoms with Gasteiger partial charge in [0.2, 0.25) is 0 Å². The Morgan fingerprint density at radius 1 is 1.35 bits per heavy atom. The molecule has 1 heterocycles. The summed E-state index contributed by atoms with van der Waals surface area (Å²) in [6, 6.07) is 6.73. The number of rotatable bonds is 6. The molecule has 0 unspecified atom stereocenters. The Bertz CT molecular complexity index is 463. The van der Waals surface area contributed by atoms with Gasteiger partial charge in [-0.2, -0.15) is 0 Å². The van der Waals surface area contributed by atoms with Crippen LogP contribution in [0.4, 0.5) is 0 Å². The van der Waals surface area contributed by atoms with Gasteiger partial charge in [0.05, 0.1) is 6.10 Å². The number of hydrogen-bond donors (Lipinski definition) is 1. The van der Waals surface area contributed by atoms with E-state index in [-0.39, 0.29) is 24.4 Å². The summed E-state index contributed by atoms with van der Waals surface area (Å²) >= 11 is 0. The second-order valence-electron chi connectivity index (χ2n) is 4.81. The number of carbonyl (C=O) groups excluding carboxylic acids is 2. The van der Waals surface area contributed by atoms with Crippen molar-refractivity contribution in [2.45, 2.75) is 25.9 Å². The molecule has 0 radical (unpaired) electrons. The SMILES string of the molecule is CC(=O)c1ccc(OCC(=O)NC[C@H]2CCCO2)cc1. The summed E-state index contributed by atoms with van der Waals surface area (Å²) < 4.78 is 10.8. The smallest absolute Gasteiger partial charge is 0.258 e. The molecular weight excluding hydrogens is 258 g/mol. The number of benzene rings is 1. The maximum atomic E-state index is 11.6. The molecule has 0 aromatic heterocycles. The van der Waals surface area contributed by atoms with E-state index in [4.69, 9.17) is 9.47 Å². The summed E-state index contributed by atoms with van der Waals surface area (Å²) in [5.41, 5.74) is 0.625. The van der Waals surface area contributed by atoms with E-state index in [2.05, 4.69) is 5.32 Å². The Morgan fingerprint density at radius 2 is 2.10 bits per heavy atom. The van der Waals surface area contributed by atoms with Crippen molar-refractivity contribution in [3.63, 3.8) is 0 Å². The second-order valence-corrected chi connectivity index (χ2v) is 4.81. The van der Waals surface area contributed by atoms with E-state index in [1.165, 1.54) is 6.92 Å². The molecular formula is C15H19NO4. The highest BCUT2D eigenvalue weighted by molar-refractivity contribution is 5.94. The maximum absolute atomic E-state index is 11.6. The lowest BCUT2D eigenvalue weighted by molar-refractivity contribution is -0.123. The second kappa shape index (κ2) is 7.05. The molecule has 20 heavy (non-hydrogen) atoms. The van der Waals surface area contributed by atoms with Crippen LogP contribution >= 0.6 is 0 Å². The predicted molar refractivity (Wildman–Crippen MR) is 73.9 cm³/mol. The molecule has 1 amide bonds. The van der Waals surface area contributed by atoms with Crippen molar-refractivity contribution in [3.8, 4) is 5.75 Å². The molecule has 1 fully saturated rings. The zero-order valence-corrected chi connectivity index (χ0v) is 11.6. The quantitative estimate of drug-likeness (QED) is 0.801. The number of amides is 1. The lowest BCUT2D eigenvalue weighted by Crippen LogP contribution is -2.35. The van der Waals surface area contributed by atoms with E-state index >= 15 is 0 Å². The fourth-order valence-electron chi connectivity index (χ4n) is 2.02. The normalized spacial score (nSPS) is 17.8. The minimum absolute atomic E-state index is 0.00542.